The second-order valence-corrected chi connectivity index (χ2v) is 7.28. The predicted molar refractivity (Wildman–Crippen MR) is 109 cm³/mol. The number of rotatable bonds is 12. The quantitative estimate of drug-likeness (QED) is 0.374. The van der Waals surface area contributed by atoms with Crippen molar-refractivity contribution < 1.29 is 37.5 Å². The summed E-state index contributed by atoms with van der Waals surface area (Å²) in [6.07, 6.45) is -1.82. The Bertz CT molecular complexity index is 669. The first-order valence-corrected chi connectivity index (χ1v) is 9.92. The number of halogens is 3. The van der Waals surface area contributed by atoms with Gasteiger partial charge in [0.15, 0.2) is 5.78 Å². The van der Waals surface area contributed by atoms with E-state index in [1.54, 1.807) is 0 Å². The van der Waals surface area contributed by atoms with Crippen LogP contribution >= 0.6 is 0 Å². The number of benzene rings is 1. The highest BCUT2D eigenvalue weighted by atomic mass is 19.4. The lowest BCUT2D eigenvalue weighted by Crippen LogP contribution is -2.43. The van der Waals surface area contributed by atoms with Crippen molar-refractivity contribution in [2.75, 3.05) is 6.54 Å². The number of carboxylic acid groups (broad SMARTS) is 1. The van der Waals surface area contributed by atoms with Crippen LogP contribution < -0.4 is 5.73 Å². The molecule has 1 rings (SSSR count). The molecule has 0 heterocycles. The molecule has 7 nitrogen and oxygen atoms in total. The van der Waals surface area contributed by atoms with Gasteiger partial charge in [-0.2, -0.15) is 13.2 Å². The number of Topliss-reactive ketones (excluding diaryl/α,β-unsaturated/α-hetero) is 1. The Hall–Kier alpha value is -2.46. The fraction of sp³-hybridized carbons (Fsp3) is 0.571. The van der Waals surface area contributed by atoms with Gasteiger partial charge in [0.1, 0.15) is 6.61 Å². The van der Waals surface area contributed by atoms with Gasteiger partial charge in [-0.1, -0.05) is 63.9 Å². The average molecular weight is 448 g/mol. The van der Waals surface area contributed by atoms with E-state index in [0.29, 0.717) is 13.0 Å². The number of hydrogen-bond donors (Lipinski definition) is 2. The molecule has 1 aromatic rings. The molecule has 176 valence electrons. The van der Waals surface area contributed by atoms with Crippen molar-refractivity contribution in [3.63, 3.8) is 0 Å². The van der Waals surface area contributed by atoms with Crippen molar-refractivity contribution in [3.05, 3.63) is 35.9 Å². The monoisotopic (exact) mass is 448 g/mol. The van der Waals surface area contributed by atoms with Crippen molar-refractivity contribution in [3.8, 4) is 0 Å². The minimum absolute atomic E-state index is 0.00797. The van der Waals surface area contributed by atoms with Crippen molar-refractivity contribution in [2.45, 2.75) is 58.9 Å². The van der Waals surface area contributed by atoms with E-state index in [1.807, 2.05) is 44.2 Å². The first kappa shape index (κ1) is 28.5. The molecule has 0 bridgehead atoms. The maximum atomic E-state index is 12.6. The summed E-state index contributed by atoms with van der Waals surface area (Å²) in [5, 5.41) is 8.35. The molecule has 0 saturated heterocycles. The van der Waals surface area contributed by atoms with E-state index in [-0.39, 0.29) is 24.2 Å². The minimum atomic E-state index is -5.08. The maximum Gasteiger partial charge on any atom is 0.490 e. The van der Waals surface area contributed by atoms with E-state index in [9.17, 15) is 22.8 Å². The van der Waals surface area contributed by atoms with Crippen LogP contribution in [-0.2, 0) is 25.8 Å². The SMILES string of the molecule is CCCC[C@H](CN(C=O)OCc1ccccc1)C(=O)[C@@H](N)C(C)C.O=C(O)C(F)(F)F. The van der Waals surface area contributed by atoms with Crippen molar-refractivity contribution in [1.82, 2.24) is 5.06 Å². The van der Waals surface area contributed by atoms with Gasteiger partial charge in [-0.15, -0.1) is 0 Å². The van der Waals surface area contributed by atoms with E-state index in [0.717, 1.165) is 24.8 Å². The summed E-state index contributed by atoms with van der Waals surface area (Å²) >= 11 is 0. The summed E-state index contributed by atoms with van der Waals surface area (Å²) in [4.78, 5) is 38.4. The van der Waals surface area contributed by atoms with Gasteiger partial charge in [-0.25, -0.2) is 9.86 Å². The van der Waals surface area contributed by atoms with E-state index in [2.05, 4.69) is 6.92 Å². The molecule has 10 heteroatoms. The Labute approximate surface area is 180 Å². The fourth-order valence-electron chi connectivity index (χ4n) is 2.45. The van der Waals surface area contributed by atoms with Crippen LogP contribution in [0.25, 0.3) is 0 Å². The van der Waals surface area contributed by atoms with Gasteiger partial charge in [-0.3, -0.25) is 14.4 Å². The molecular formula is C21H31F3N2O5. The largest absolute Gasteiger partial charge is 0.490 e. The smallest absolute Gasteiger partial charge is 0.475 e. The number of unbranched alkanes of at least 4 members (excludes halogenated alkanes) is 1. The van der Waals surface area contributed by atoms with Crippen LogP contribution in [0.3, 0.4) is 0 Å². The third-order valence-corrected chi connectivity index (χ3v) is 4.36. The highest BCUT2D eigenvalue weighted by molar-refractivity contribution is 5.86. The zero-order chi connectivity index (χ0) is 24.0. The standard InChI is InChI=1S/C19H30N2O3.C2HF3O2/c1-4-5-11-17(19(23)18(20)15(2)3)12-21(14-22)24-13-16-9-7-6-8-10-16;3-2(4,5)1(6)7/h6-10,14-15,17-18H,4-5,11-13,20H2,1-3H3;(H,6,7)/t17-,18+;/m1./s1. The first-order valence-electron chi connectivity index (χ1n) is 9.92. The lowest BCUT2D eigenvalue weighted by Gasteiger charge is -2.26. The number of carboxylic acids is 1. The van der Waals surface area contributed by atoms with Gasteiger partial charge in [0.05, 0.1) is 12.6 Å². The van der Waals surface area contributed by atoms with E-state index >= 15 is 0 Å². The molecular weight excluding hydrogens is 417 g/mol. The molecule has 1 aromatic carbocycles. The molecule has 0 aliphatic rings. The van der Waals surface area contributed by atoms with Crippen molar-refractivity contribution >= 4 is 18.2 Å². The average Bonchev–Trinajstić information content (AvgIpc) is 2.72. The summed E-state index contributed by atoms with van der Waals surface area (Å²) in [7, 11) is 0. The summed E-state index contributed by atoms with van der Waals surface area (Å²) in [5.74, 6) is -2.96. The van der Waals surface area contributed by atoms with Gasteiger partial charge in [0.25, 0.3) is 0 Å². The molecule has 0 unspecified atom stereocenters. The van der Waals surface area contributed by atoms with Gasteiger partial charge in [-0.05, 0) is 17.9 Å². The topological polar surface area (TPSA) is 110 Å². The Morgan fingerprint density at radius 2 is 1.77 bits per heavy atom. The van der Waals surface area contributed by atoms with Crippen molar-refractivity contribution in [1.29, 1.82) is 0 Å². The van der Waals surface area contributed by atoms with E-state index in [4.69, 9.17) is 20.5 Å². The predicted octanol–water partition coefficient (Wildman–Crippen LogP) is 3.57. The number of hydrogen-bond acceptors (Lipinski definition) is 5. The van der Waals surface area contributed by atoms with Crippen LogP contribution in [0, 0.1) is 11.8 Å². The Morgan fingerprint density at radius 3 is 2.19 bits per heavy atom. The molecule has 3 N–H and O–H groups in total. The first-order chi connectivity index (χ1) is 14.4. The molecule has 0 radical (unpaired) electrons. The van der Waals surface area contributed by atoms with Gasteiger partial charge in [0, 0.05) is 5.92 Å². The summed E-state index contributed by atoms with van der Waals surface area (Å²) < 4.78 is 31.7. The normalized spacial score (nSPS) is 13.0. The molecule has 0 saturated carbocycles. The molecule has 31 heavy (non-hydrogen) atoms. The number of amides is 1. The number of nitrogens with zero attached hydrogens (tertiary/aromatic N) is 1. The zero-order valence-electron chi connectivity index (χ0n) is 18.0. The Kier molecular flexibility index (Phi) is 13.4. The summed E-state index contributed by atoms with van der Waals surface area (Å²) in [5.41, 5.74) is 6.99. The number of ketones is 1. The fourth-order valence-corrected chi connectivity index (χ4v) is 2.45. The molecule has 0 aliphatic heterocycles. The lowest BCUT2D eigenvalue weighted by molar-refractivity contribution is -0.192. The third-order valence-electron chi connectivity index (χ3n) is 4.36. The van der Waals surface area contributed by atoms with Gasteiger partial charge >= 0.3 is 12.1 Å². The van der Waals surface area contributed by atoms with Crippen LogP contribution in [0.2, 0.25) is 0 Å². The van der Waals surface area contributed by atoms with E-state index < -0.39 is 18.2 Å². The number of carbonyl (C=O) groups excluding carboxylic acids is 2. The molecule has 2 atom stereocenters. The number of carbonyl (C=O) groups is 3. The van der Waals surface area contributed by atoms with Crippen LogP contribution in [0.4, 0.5) is 13.2 Å². The lowest BCUT2D eigenvalue weighted by atomic mass is 9.88. The van der Waals surface area contributed by atoms with Gasteiger partial charge in [0.2, 0.25) is 6.41 Å². The number of hydroxylamine groups is 2. The van der Waals surface area contributed by atoms with Crippen molar-refractivity contribution in [2.24, 2.45) is 17.6 Å². The summed E-state index contributed by atoms with van der Waals surface area (Å²) in [6, 6.07) is 9.11. The van der Waals surface area contributed by atoms with Gasteiger partial charge < -0.3 is 10.8 Å². The number of nitrogens with two attached hydrogens (primary N) is 1. The molecule has 0 aromatic heterocycles. The highest BCUT2D eigenvalue weighted by Crippen LogP contribution is 2.17. The van der Waals surface area contributed by atoms with Crippen LogP contribution in [0.1, 0.15) is 45.6 Å². The van der Waals surface area contributed by atoms with Crippen LogP contribution in [-0.4, -0.2) is 47.1 Å². The maximum absolute atomic E-state index is 12.6. The molecule has 0 spiro atoms. The third kappa shape index (κ3) is 12.1. The highest BCUT2D eigenvalue weighted by Gasteiger charge is 2.38. The molecule has 0 aliphatic carbocycles. The molecule has 1 amide bonds. The number of alkyl halides is 3. The number of aliphatic carboxylic acids is 1. The Morgan fingerprint density at radius 1 is 1.23 bits per heavy atom. The summed E-state index contributed by atoms with van der Waals surface area (Å²) in [6.45, 7) is 6.49. The van der Waals surface area contributed by atoms with E-state index in [1.165, 1.54) is 5.06 Å². The Balaban J connectivity index is 0.00000110. The van der Waals surface area contributed by atoms with Crippen LogP contribution in [0.5, 0.6) is 0 Å². The second kappa shape index (κ2) is 14.5. The minimum Gasteiger partial charge on any atom is -0.475 e. The zero-order valence-corrected chi connectivity index (χ0v) is 18.0. The van der Waals surface area contributed by atoms with Crippen LogP contribution in [0.15, 0.2) is 30.3 Å². The second-order valence-electron chi connectivity index (χ2n) is 7.28. The molecule has 0 fully saturated rings.